The summed E-state index contributed by atoms with van der Waals surface area (Å²) in [5.74, 6) is 0.296. The van der Waals surface area contributed by atoms with E-state index in [9.17, 15) is 12.8 Å². The Balaban J connectivity index is 2.46. The molecule has 31 heavy (non-hydrogen) atoms. The Morgan fingerprint density at radius 3 is 2.55 bits per heavy atom. The van der Waals surface area contributed by atoms with Crippen LogP contribution in [0.15, 0.2) is 71.6 Å². The van der Waals surface area contributed by atoms with E-state index >= 15 is 0 Å². The van der Waals surface area contributed by atoms with Crippen LogP contribution in [0.3, 0.4) is 0 Å². The summed E-state index contributed by atoms with van der Waals surface area (Å²) in [6.07, 6.45) is 8.71. The van der Waals surface area contributed by atoms with Crippen molar-refractivity contribution in [2.75, 3.05) is 13.6 Å². The largest absolute Gasteiger partial charge is 0.326 e. The fourth-order valence-corrected chi connectivity index (χ4v) is 3.71. The van der Waals surface area contributed by atoms with E-state index < -0.39 is 10.0 Å². The molecule has 0 amide bonds. The van der Waals surface area contributed by atoms with Gasteiger partial charge >= 0.3 is 0 Å². The van der Waals surface area contributed by atoms with Crippen molar-refractivity contribution in [3.8, 4) is 11.4 Å². The van der Waals surface area contributed by atoms with Crippen LogP contribution in [0, 0.1) is 0 Å². The first kappa shape index (κ1) is 24.7. The van der Waals surface area contributed by atoms with Crippen LogP contribution < -0.4 is 5.14 Å². The van der Waals surface area contributed by atoms with E-state index in [1.54, 1.807) is 31.2 Å². The van der Waals surface area contributed by atoms with Crippen LogP contribution >= 0.6 is 0 Å². The van der Waals surface area contributed by atoms with Crippen molar-refractivity contribution in [2.45, 2.75) is 44.7 Å². The summed E-state index contributed by atoms with van der Waals surface area (Å²) < 4.78 is 39.4. The molecule has 0 unspecified atom stereocenters. The molecule has 0 saturated heterocycles. The third-order valence-corrected chi connectivity index (χ3v) is 5.74. The third-order valence-electron chi connectivity index (χ3n) is 4.81. The number of sulfonamides is 1. The Kier molecular flexibility index (Phi) is 8.91. The van der Waals surface area contributed by atoms with E-state index in [0.717, 1.165) is 25.1 Å². The number of unbranched alkanes of at least 4 members (excludes halogenated alkanes) is 1. The molecule has 0 bridgehead atoms. The molecule has 0 aliphatic carbocycles. The number of hydrogen-bond donors (Lipinski definition) is 1. The molecule has 0 aliphatic rings. The fraction of sp³-hybridized carbons (Fsp3) is 0.348. The van der Waals surface area contributed by atoms with Crippen LogP contribution in [0.2, 0.25) is 0 Å². The number of hydrogen-bond acceptors (Lipinski definition) is 4. The van der Waals surface area contributed by atoms with Crippen LogP contribution in [0.5, 0.6) is 0 Å². The van der Waals surface area contributed by atoms with E-state index in [0.29, 0.717) is 23.5 Å². The standard InChI is InChI=1S/C23H31FN4O2S/c1-5-8-14-27(4)16-20-17-28(15-19(9-6-2)22(24)7-3)23(26-20)18-10-12-21(13-11-18)31(25,29)30/h6-7,9-13,17H,2,5,8,14-16H2,1,3-4H3,(H2,25,29,30)/b19-9-,22-7+. The van der Waals surface area contributed by atoms with Crippen LogP contribution in [-0.4, -0.2) is 36.5 Å². The molecule has 168 valence electrons. The Labute approximate surface area is 184 Å². The van der Waals surface area contributed by atoms with Crippen molar-refractivity contribution in [3.05, 3.63) is 72.4 Å². The topological polar surface area (TPSA) is 81.2 Å². The molecule has 6 nitrogen and oxygen atoms in total. The molecule has 2 aromatic rings. The van der Waals surface area contributed by atoms with Crippen molar-refractivity contribution >= 4 is 10.0 Å². The molecule has 1 aromatic carbocycles. The van der Waals surface area contributed by atoms with Gasteiger partial charge in [-0.25, -0.2) is 22.9 Å². The normalized spacial score (nSPS) is 13.1. The Bertz CT molecular complexity index is 1050. The summed E-state index contributed by atoms with van der Waals surface area (Å²) in [6.45, 7) is 9.34. The van der Waals surface area contributed by atoms with Gasteiger partial charge in [0.15, 0.2) is 0 Å². The highest BCUT2D eigenvalue weighted by Gasteiger charge is 2.15. The maximum absolute atomic E-state index is 14.4. The second kappa shape index (κ2) is 11.2. The number of halogens is 1. The summed E-state index contributed by atoms with van der Waals surface area (Å²) in [4.78, 5) is 6.98. The summed E-state index contributed by atoms with van der Waals surface area (Å²) in [5.41, 5.74) is 2.04. The van der Waals surface area contributed by atoms with E-state index in [-0.39, 0.29) is 17.3 Å². The minimum atomic E-state index is -3.78. The molecule has 0 saturated carbocycles. The molecule has 8 heteroatoms. The molecule has 0 fully saturated rings. The minimum Gasteiger partial charge on any atom is -0.326 e. The van der Waals surface area contributed by atoms with Gasteiger partial charge in [-0.3, -0.25) is 0 Å². The van der Waals surface area contributed by atoms with Gasteiger partial charge in [0.05, 0.1) is 17.1 Å². The zero-order valence-electron chi connectivity index (χ0n) is 18.4. The van der Waals surface area contributed by atoms with Crippen LogP contribution in [0.4, 0.5) is 4.39 Å². The highest BCUT2D eigenvalue weighted by molar-refractivity contribution is 7.89. The van der Waals surface area contributed by atoms with Crippen molar-refractivity contribution in [2.24, 2.45) is 5.14 Å². The monoisotopic (exact) mass is 446 g/mol. The smallest absolute Gasteiger partial charge is 0.238 e. The molecular formula is C23H31FN4O2S. The van der Waals surface area contributed by atoms with Gasteiger partial charge in [-0.1, -0.05) is 38.2 Å². The van der Waals surface area contributed by atoms with Gasteiger partial charge < -0.3 is 9.47 Å². The van der Waals surface area contributed by atoms with Gasteiger partial charge in [-0.2, -0.15) is 0 Å². The highest BCUT2D eigenvalue weighted by Crippen LogP contribution is 2.24. The van der Waals surface area contributed by atoms with E-state index in [2.05, 4.69) is 18.4 Å². The lowest BCUT2D eigenvalue weighted by atomic mass is 10.2. The summed E-state index contributed by atoms with van der Waals surface area (Å²) >= 11 is 0. The van der Waals surface area contributed by atoms with Gasteiger partial charge in [0.1, 0.15) is 11.7 Å². The molecule has 0 radical (unpaired) electrons. The SMILES string of the molecule is C=C/C=C(Cn1cc(CN(C)CCCC)nc1-c1ccc(S(N)(=O)=O)cc1)\C(F)=C/C. The zero-order chi connectivity index (χ0) is 23.0. The maximum atomic E-state index is 14.4. The van der Waals surface area contributed by atoms with Crippen molar-refractivity contribution in [3.63, 3.8) is 0 Å². The number of nitrogens with two attached hydrogens (primary N) is 1. The lowest BCUT2D eigenvalue weighted by molar-refractivity contribution is 0.317. The Morgan fingerprint density at radius 1 is 1.32 bits per heavy atom. The second-order valence-electron chi connectivity index (χ2n) is 7.41. The number of nitrogens with zero attached hydrogens (tertiary/aromatic N) is 3. The number of primary sulfonamides is 1. The first-order valence-electron chi connectivity index (χ1n) is 10.2. The zero-order valence-corrected chi connectivity index (χ0v) is 19.2. The van der Waals surface area contributed by atoms with Gasteiger partial charge in [0.25, 0.3) is 0 Å². The number of benzene rings is 1. The van der Waals surface area contributed by atoms with Gasteiger partial charge in [-0.05, 0) is 51.2 Å². The van der Waals surface area contributed by atoms with E-state index in [1.807, 2.05) is 17.8 Å². The predicted octanol–water partition coefficient (Wildman–Crippen LogP) is 4.42. The molecule has 0 spiro atoms. The van der Waals surface area contributed by atoms with Gasteiger partial charge in [0, 0.05) is 23.9 Å². The lowest BCUT2D eigenvalue weighted by Crippen LogP contribution is -2.19. The average Bonchev–Trinajstić information content (AvgIpc) is 3.12. The Hall–Kier alpha value is -2.55. The Morgan fingerprint density at radius 2 is 2.00 bits per heavy atom. The average molecular weight is 447 g/mol. The van der Waals surface area contributed by atoms with Crippen molar-refractivity contribution in [1.29, 1.82) is 0 Å². The summed E-state index contributed by atoms with van der Waals surface area (Å²) in [6, 6.07) is 6.21. The second-order valence-corrected chi connectivity index (χ2v) is 8.97. The lowest BCUT2D eigenvalue weighted by Gasteiger charge is -2.14. The fourth-order valence-electron chi connectivity index (χ4n) is 3.19. The van der Waals surface area contributed by atoms with Crippen LogP contribution in [0.1, 0.15) is 32.4 Å². The first-order valence-corrected chi connectivity index (χ1v) is 11.8. The number of imidazole rings is 1. The van der Waals surface area contributed by atoms with Crippen molar-refractivity contribution < 1.29 is 12.8 Å². The van der Waals surface area contributed by atoms with Gasteiger partial charge in [0.2, 0.25) is 10.0 Å². The number of rotatable bonds is 11. The molecule has 2 N–H and O–H groups in total. The molecule has 0 aliphatic heterocycles. The molecule has 0 atom stereocenters. The predicted molar refractivity (Wildman–Crippen MR) is 123 cm³/mol. The third kappa shape index (κ3) is 6.99. The summed E-state index contributed by atoms with van der Waals surface area (Å²) in [7, 11) is -1.74. The minimum absolute atomic E-state index is 0.0288. The maximum Gasteiger partial charge on any atom is 0.238 e. The quantitative estimate of drug-likeness (QED) is 0.518. The van der Waals surface area contributed by atoms with E-state index in [1.165, 1.54) is 18.2 Å². The number of aromatic nitrogens is 2. The highest BCUT2D eigenvalue weighted by atomic mass is 32.2. The van der Waals surface area contributed by atoms with Gasteiger partial charge in [-0.15, -0.1) is 0 Å². The molecular weight excluding hydrogens is 415 g/mol. The van der Waals surface area contributed by atoms with Crippen LogP contribution in [0.25, 0.3) is 11.4 Å². The molecule has 1 heterocycles. The number of allylic oxidation sites excluding steroid dienone is 5. The summed E-state index contributed by atoms with van der Waals surface area (Å²) in [5, 5.41) is 5.20. The molecule has 2 rings (SSSR count). The molecule has 1 aromatic heterocycles. The van der Waals surface area contributed by atoms with Crippen molar-refractivity contribution in [1.82, 2.24) is 14.5 Å². The van der Waals surface area contributed by atoms with E-state index in [4.69, 9.17) is 10.1 Å². The van der Waals surface area contributed by atoms with Crippen LogP contribution in [-0.2, 0) is 23.1 Å². The first-order chi connectivity index (χ1) is 14.7.